The Kier molecular flexibility index (Phi) is 5.51. The molecule has 1 fully saturated rings. The van der Waals surface area contributed by atoms with Gasteiger partial charge in [0, 0.05) is 51.9 Å². The fraction of sp³-hybridized carbons (Fsp3) is 0.382. The lowest BCUT2D eigenvalue weighted by Gasteiger charge is -2.62. The highest BCUT2D eigenvalue weighted by Crippen LogP contribution is 2.68. The molecule has 0 saturated heterocycles. The van der Waals surface area contributed by atoms with E-state index in [9.17, 15) is 10.2 Å². The normalized spacial score (nSPS) is 23.7. The second kappa shape index (κ2) is 8.69. The molecule has 4 unspecified atom stereocenters. The number of hydrogen-bond donors (Lipinski definition) is 2. The highest BCUT2D eigenvalue weighted by molar-refractivity contribution is 6.10. The van der Waals surface area contributed by atoms with Crippen LogP contribution in [0.25, 0.3) is 44.2 Å². The maximum atomic E-state index is 11.8. The van der Waals surface area contributed by atoms with Gasteiger partial charge in [0.25, 0.3) is 0 Å². The molecule has 3 aliphatic rings. The maximum absolute atomic E-state index is 11.8. The minimum atomic E-state index is -1.07. The predicted octanol–water partition coefficient (Wildman–Crippen LogP) is 7.13. The van der Waals surface area contributed by atoms with Crippen LogP contribution in [0.2, 0.25) is 0 Å². The molecule has 6 nitrogen and oxygen atoms in total. The average Bonchev–Trinajstić information content (AvgIpc) is 3.28. The van der Waals surface area contributed by atoms with E-state index in [1.807, 2.05) is 38.4 Å². The lowest BCUT2D eigenvalue weighted by atomic mass is 9.43. The molecule has 0 radical (unpaired) electrons. The van der Waals surface area contributed by atoms with E-state index < -0.39 is 11.7 Å². The molecule has 2 aromatic carbocycles. The molecule has 2 bridgehead atoms. The molecule has 8 rings (SSSR count). The molecule has 204 valence electrons. The summed E-state index contributed by atoms with van der Waals surface area (Å²) >= 11 is 0. The van der Waals surface area contributed by atoms with Crippen molar-refractivity contribution in [1.29, 1.82) is 0 Å². The van der Waals surface area contributed by atoms with Crippen molar-refractivity contribution in [2.24, 2.45) is 11.3 Å². The number of hydrogen-bond acceptors (Lipinski definition) is 5. The van der Waals surface area contributed by atoms with Gasteiger partial charge >= 0.3 is 0 Å². The van der Waals surface area contributed by atoms with Crippen LogP contribution in [0.5, 0.6) is 0 Å². The fourth-order valence-corrected chi connectivity index (χ4v) is 7.60. The summed E-state index contributed by atoms with van der Waals surface area (Å²) in [5.41, 5.74) is 7.12. The van der Waals surface area contributed by atoms with Crippen molar-refractivity contribution in [2.45, 2.75) is 71.6 Å². The number of benzene rings is 2. The Balaban J connectivity index is 1.50. The van der Waals surface area contributed by atoms with Crippen LogP contribution in [-0.2, 0) is 12.1 Å². The van der Waals surface area contributed by atoms with Gasteiger partial charge in [0.15, 0.2) is 5.82 Å². The highest BCUT2D eigenvalue weighted by Gasteiger charge is 2.63. The summed E-state index contributed by atoms with van der Waals surface area (Å²) < 4.78 is 2.36. The van der Waals surface area contributed by atoms with Crippen molar-refractivity contribution >= 4 is 21.8 Å². The van der Waals surface area contributed by atoms with Crippen LogP contribution in [0.15, 0.2) is 60.9 Å². The lowest BCUT2D eigenvalue weighted by Crippen LogP contribution is -2.58. The Labute approximate surface area is 234 Å². The minimum absolute atomic E-state index is 0.0543. The molecule has 40 heavy (non-hydrogen) atoms. The smallest absolute Gasteiger partial charge is 0.157 e. The van der Waals surface area contributed by atoms with Crippen molar-refractivity contribution in [2.75, 3.05) is 0 Å². The first-order valence-electron chi connectivity index (χ1n) is 14.5. The van der Waals surface area contributed by atoms with Crippen LogP contribution < -0.4 is 0 Å². The van der Waals surface area contributed by atoms with Crippen LogP contribution in [0.4, 0.5) is 0 Å². The van der Waals surface area contributed by atoms with E-state index in [2.05, 4.69) is 66.7 Å². The number of aryl methyl sites for hydroxylation is 1. The molecule has 1 saturated carbocycles. The van der Waals surface area contributed by atoms with Crippen molar-refractivity contribution < 1.29 is 10.2 Å². The molecular formula is C34H36N4O2. The first-order valence-corrected chi connectivity index (χ1v) is 14.5. The number of aliphatic hydroxyl groups is 2. The third-order valence-corrected chi connectivity index (χ3v) is 9.89. The van der Waals surface area contributed by atoms with Gasteiger partial charge in [-0.25, -0.2) is 9.97 Å². The molecule has 4 atom stereocenters. The van der Waals surface area contributed by atoms with Crippen LogP contribution in [0, 0.1) is 11.3 Å². The van der Waals surface area contributed by atoms with E-state index in [-0.39, 0.29) is 17.3 Å². The second-order valence-electron chi connectivity index (χ2n) is 12.4. The van der Waals surface area contributed by atoms with Gasteiger partial charge in [-0.3, -0.25) is 4.98 Å². The molecule has 6 heteroatoms. The van der Waals surface area contributed by atoms with E-state index in [1.165, 1.54) is 21.8 Å². The lowest BCUT2D eigenvalue weighted by molar-refractivity contribution is -0.149. The highest BCUT2D eigenvalue weighted by atomic mass is 16.3. The second-order valence-corrected chi connectivity index (χ2v) is 12.4. The molecule has 0 aliphatic heterocycles. The molecule has 0 amide bonds. The monoisotopic (exact) mass is 532 g/mol. The van der Waals surface area contributed by atoms with Crippen molar-refractivity contribution in [3.8, 4) is 22.4 Å². The average molecular weight is 533 g/mol. The van der Waals surface area contributed by atoms with Crippen LogP contribution in [-0.4, -0.2) is 29.7 Å². The van der Waals surface area contributed by atoms with Gasteiger partial charge in [-0.05, 0) is 91.5 Å². The van der Waals surface area contributed by atoms with Crippen molar-refractivity contribution in [3.05, 3.63) is 78.0 Å². The zero-order chi connectivity index (χ0) is 28.0. The number of aliphatic hydroxyl groups excluding tert-OH is 1. The van der Waals surface area contributed by atoms with Crippen LogP contribution in [0.3, 0.4) is 0 Å². The molecule has 3 aliphatic carbocycles. The van der Waals surface area contributed by atoms with E-state index in [4.69, 9.17) is 9.97 Å². The SMILES string of the molecule is CCC(O)c1nc(-c2ccc3c(c2)c2cc(-c4ccncc4)ccc2n3CC)c2c(n1)C(C)(O)C1CC2C1(C)C. The van der Waals surface area contributed by atoms with Crippen molar-refractivity contribution in [1.82, 2.24) is 19.5 Å². The third-order valence-electron chi connectivity index (χ3n) is 9.89. The molecule has 3 heterocycles. The Morgan fingerprint density at radius 2 is 1.55 bits per heavy atom. The Hall–Kier alpha value is -3.61. The third kappa shape index (κ3) is 3.39. The van der Waals surface area contributed by atoms with Gasteiger partial charge in [0.1, 0.15) is 11.7 Å². The summed E-state index contributed by atoms with van der Waals surface area (Å²) in [7, 11) is 0. The maximum Gasteiger partial charge on any atom is 0.157 e. The summed E-state index contributed by atoms with van der Waals surface area (Å²) in [5.74, 6) is 0.789. The number of fused-ring (bicyclic) bond motifs is 3. The zero-order valence-electron chi connectivity index (χ0n) is 23.8. The number of aromatic nitrogens is 4. The van der Waals surface area contributed by atoms with Gasteiger partial charge in [-0.2, -0.15) is 0 Å². The van der Waals surface area contributed by atoms with Gasteiger partial charge in [-0.15, -0.1) is 0 Å². The summed E-state index contributed by atoms with van der Waals surface area (Å²) in [6, 6.07) is 17.3. The van der Waals surface area contributed by atoms with Crippen molar-refractivity contribution in [3.63, 3.8) is 0 Å². The first-order chi connectivity index (χ1) is 19.2. The molecular weight excluding hydrogens is 496 g/mol. The Morgan fingerprint density at radius 1 is 0.900 bits per heavy atom. The topological polar surface area (TPSA) is 84.1 Å². The minimum Gasteiger partial charge on any atom is -0.385 e. The molecule has 0 spiro atoms. The largest absolute Gasteiger partial charge is 0.385 e. The van der Waals surface area contributed by atoms with E-state index in [0.29, 0.717) is 17.9 Å². The van der Waals surface area contributed by atoms with E-state index >= 15 is 0 Å². The van der Waals surface area contributed by atoms with Crippen LogP contribution in [0.1, 0.15) is 76.6 Å². The Morgan fingerprint density at radius 3 is 2.17 bits per heavy atom. The quantitative estimate of drug-likeness (QED) is 0.252. The van der Waals surface area contributed by atoms with Gasteiger partial charge < -0.3 is 14.8 Å². The number of rotatable bonds is 5. The molecule has 5 aromatic rings. The van der Waals surface area contributed by atoms with Gasteiger partial charge in [0.05, 0.1) is 11.4 Å². The summed E-state index contributed by atoms with van der Waals surface area (Å²) in [6.45, 7) is 11.4. The predicted molar refractivity (Wildman–Crippen MR) is 159 cm³/mol. The summed E-state index contributed by atoms with van der Waals surface area (Å²) in [5, 5.41) is 25.0. The number of pyridine rings is 1. The molecule has 2 N–H and O–H groups in total. The summed E-state index contributed by atoms with van der Waals surface area (Å²) in [4.78, 5) is 14.0. The Bertz CT molecular complexity index is 1790. The zero-order valence-corrected chi connectivity index (χ0v) is 23.8. The van der Waals surface area contributed by atoms with E-state index in [0.717, 1.165) is 40.9 Å². The standard InChI is InChI=1S/C34H36N4O2/c1-6-27(39)32-36-30(29-24-18-28(33(24,3)4)34(5,40)31(29)37-32)21-9-11-26-23(17-21)22-16-20(19-12-14-35-15-13-19)8-10-25(22)38(26)7-2/h8-17,24,27-28,39-40H,6-7,18H2,1-5H3. The fourth-order valence-electron chi connectivity index (χ4n) is 7.60. The first kappa shape index (κ1) is 25.4. The van der Waals surface area contributed by atoms with E-state index in [1.54, 1.807) is 0 Å². The van der Waals surface area contributed by atoms with Crippen LogP contribution >= 0.6 is 0 Å². The van der Waals surface area contributed by atoms with Gasteiger partial charge in [0.2, 0.25) is 0 Å². The summed E-state index contributed by atoms with van der Waals surface area (Å²) in [6.07, 6.45) is 4.31. The van der Waals surface area contributed by atoms with Gasteiger partial charge in [-0.1, -0.05) is 32.9 Å². The number of nitrogens with zero attached hydrogens (tertiary/aromatic N) is 4. The molecule has 3 aromatic heterocycles.